The molecule has 9 heteroatoms. The molecule has 0 unspecified atom stereocenters. The summed E-state index contributed by atoms with van der Waals surface area (Å²) in [5.74, 6) is 1.47. The summed E-state index contributed by atoms with van der Waals surface area (Å²) in [4.78, 5) is 8.65. The van der Waals surface area contributed by atoms with Crippen molar-refractivity contribution in [1.29, 1.82) is 0 Å². The van der Waals surface area contributed by atoms with Crippen molar-refractivity contribution in [3.05, 3.63) is 83.4 Å². The molecule has 0 atom stereocenters. The van der Waals surface area contributed by atoms with Gasteiger partial charge in [-0.05, 0) is 69.7 Å². The molecule has 0 saturated carbocycles. The standard InChI is InChI=1S/C23H23N5O3S/c1-15-5-11-21(12-6-15)32(29,30)27-19-7-9-20(10-8-19)31-23-13-22(24-14-25-23)28-18(4)16(2)17(3)26-28/h5-14,27H,1-4H3. The van der Waals surface area contributed by atoms with E-state index >= 15 is 0 Å². The molecule has 164 valence electrons. The molecule has 4 rings (SSSR count). The smallest absolute Gasteiger partial charge is 0.261 e. The van der Waals surface area contributed by atoms with Crippen LogP contribution >= 0.6 is 0 Å². The van der Waals surface area contributed by atoms with Crippen LogP contribution < -0.4 is 9.46 Å². The zero-order valence-corrected chi connectivity index (χ0v) is 19.0. The highest BCUT2D eigenvalue weighted by Gasteiger charge is 2.14. The van der Waals surface area contributed by atoms with E-state index in [9.17, 15) is 8.42 Å². The molecule has 8 nitrogen and oxygen atoms in total. The van der Waals surface area contributed by atoms with Crippen molar-refractivity contribution < 1.29 is 13.2 Å². The van der Waals surface area contributed by atoms with Gasteiger partial charge >= 0.3 is 0 Å². The van der Waals surface area contributed by atoms with E-state index in [-0.39, 0.29) is 4.90 Å². The van der Waals surface area contributed by atoms with Crippen LogP contribution in [0, 0.1) is 27.7 Å². The van der Waals surface area contributed by atoms with Gasteiger partial charge in [-0.15, -0.1) is 0 Å². The van der Waals surface area contributed by atoms with Crippen LogP contribution in [0.25, 0.3) is 5.82 Å². The number of sulfonamides is 1. The third-order valence-electron chi connectivity index (χ3n) is 5.16. The predicted molar refractivity (Wildman–Crippen MR) is 122 cm³/mol. The summed E-state index contributed by atoms with van der Waals surface area (Å²) < 4.78 is 35.2. The number of aryl methyl sites for hydroxylation is 2. The van der Waals surface area contributed by atoms with Crippen LogP contribution in [0.4, 0.5) is 5.69 Å². The molecule has 2 aromatic heterocycles. The van der Waals surface area contributed by atoms with Gasteiger partial charge in [-0.1, -0.05) is 17.7 Å². The minimum Gasteiger partial charge on any atom is -0.439 e. The van der Waals surface area contributed by atoms with E-state index in [4.69, 9.17) is 4.74 Å². The Morgan fingerprint density at radius 1 is 0.906 bits per heavy atom. The third kappa shape index (κ3) is 4.47. The molecule has 0 bridgehead atoms. The second-order valence-electron chi connectivity index (χ2n) is 7.47. The van der Waals surface area contributed by atoms with Crippen molar-refractivity contribution in [1.82, 2.24) is 19.7 Å². The number of aromatic nitrogens is 4. The van der Waals surface area contributed by atoms with Gasteiger partial charge in [0.05, 0.1) is 10.6 Å². The highest BCUT2D eigenvalue weighted by Crippen LogP contribution is 2.24. The lowest BCUT2D eigenvalue weighted by molar-refractivity contribution is 0.460. The Morgan fingerprint density at radius 3 is 2.22 bits per heavy atom. The molecule has 0 amide bonds. The average Bonchev–Trinajstić information content (AvgIpc) is 3.03. The average molecular weight is 450 g/mol. The van der Waals surface area contributed by atoms with Gasteiger partial charge < -0.3 is 4.74 Å². The summed E-state index contributed by atoms with van der Waals surface area (Å²) in [6.45, 7) is 7.85. The lowest BCUT2D eigenvalue weighted by Crippen LogP contribution is -2.12. The van der Waals surface area contributed by atoms with Crippen molar-refractivity contribution in [3.8, 4) is 17.4 Å². The third-order valence-corrected chi connectivity index (χ3v) is 6.56. The van der Waals surface area contributed by atoms with Gasteiger partial charge in [0.15, 0.2) is 5.82 Å². The first-order valence-corrected chi connectivity index (χ1v) is 11.4. The lowest BCUT2D eigenvalue weighted by atomic mass is 10.2. The Hall–Kier alpha value is -3.72. The molecular weight excluding hydrogens is 426 g/mol. The fourth-order valence-electron chi connectivity index (χ4n) is 3.09. The first-order chi connectivity index (χ1) is 15.2. The molecule has 0 radical (unpaired) electrons. The minimum atomic E-state index is -3.66. The lowest BCUT2D eigenvalue weighted by Gasteiger charge is -2.10. The van der Waals surface area contributed by atoms with E-state index in [0.29, 0.717) is 23.1 Å². The van der Waals surface area contributed by atoms with Crippen LogP contribution in [0.15, 0.2) is 65.8 Å². The maximum absolute atomic E-state index is 12.5. The largest absolute Gasteiger partial charge is 0.439 e. The van der Waals surface area contributed by atoms with E-state index in [1.807, 2.05) is 27.7 Å². The summed E-state index contributed by atoms with van der Waals surface area (Å²) in [7, 11) is -3.66. The second kappa shape index (κ2) is 8.43. The molecule has 4 aromatic rings. The number of benzene rings is 2. The van der Waals surface area contributed by atoms with E-state index in [0.717, 1.165) is 22.5 Å². The zero-order valence-electron chi connectivity index (χ0n) is 18.2. The fraction of sp³-hybridized carbons (Fsp3) is 0.174. The Bertz CT molecular complexity index is 1360. The van der Waals surface area contributed by atoms with Crippen LogP contribution in [0.3, 0.4) is 0 Å². The van der Waals surface area contributed by atoms with Crippen molar-refractivity contribution >= 4 is 15.7 Å². The Labute approximate surface area is 187 Å². The van der Waals surface area contributed by atoms with Crippen molar-refractivity contribution in [2.75, 3.05) is 4.72 Å². The van der Waals surface area contributed by atoms with Crippen molar-refractivity contribution in [2.24, 2.45) is 0 Å². The summed E-state index contributed by atoms with van der Waals surface area (Å²) in [5, 5.41) is 4.51. The van der Waals surface area contributed by atoms with Gasteiger partial charge in [0, 0.05) is 17.4 Å². The number of ether oxygens (including phenoxy) is 1. The molecule has 32 heavy (non-hydrogen) atoms. The van der Waals surface area contributed by atoms with E-state index in [1.165, 1.54) is 6.33 Å². The molecule has 0 saturated heterocycles. The highest BCUT2D eigenvalue weighted by molar-refractivity contribution is 7.92. The molecular formula is C23H23N5O3S. The normalized spacial score (nSPS) is 11.4. The van der Waals surface area contributed by atoms with Crippen LogP contribution in [0.5, 0.6) is 11.6 Å². The summed E-state index contributed by atoms with van der Waals surface area (Å²) in [6, 6.07) is 15.0. The number of nitrogens with one attached hydrogen (secondary N) is 1. The maximum Gasteiger partial charge on any atom is 0.261 e. The summed E-state index contributed by atoms with van der Waals surface area (Å²) in [5.41, 5.74) is 4.46. The van der Waals surface area contributed by atoms with Gasteiger partial charge in [0.25, 0.3) is 10.0 Å². The van der Waals surface area contributed by atoms with Crippen LogP contribution in [0.2, 0.25) is 0 Å². The van der Waals surface area contributed by atoms with E-state index in [2.05, 4.69) is 19.8 Å². The Kier molecular flexibility index (Phi) is 5.67. The first-order valence-electron chi connectivity index (χ1n) is 9.95. The molecule has 1 N–H and O–H groups in total. The quantitative estimate of drug-likeness (QED) is 0.466. The second-order valence-corrected chi connectivity index (χ2v) is 9.15. The predicted octanol–water partition coefficient (Wildman–Crippen LogP) is 4.49. The Morgan fingerprint density at radius 2 is 1.59 bits per heavy atom. The van der Waals surface area contributed by atoms with Gasteiger partial charge in [-0.2, -0.15) is 5.10 Å². The number of rotatable bonds is 6. The van der Waals surface area contributed by atoms with Crippen molar-refractivity contribution in [3.63, 3.8) is 0 Å². The molecule has 0 aliphatic carbocycles. The molecule has 0 spiro atoms. The molecule has 0 aliphatic heterocycles. The highest BCUT2D eigenvalue weighted by atomic mass is 32.2. The van der Waals surface area contributed by atoms with E-state index in [1.54, 1.807) is 59.3 Å². The van der Waals surface area contributed by atoms with Crippen LogP contribution in [-0.4, -0.2) is 28.2 Å². The number of nitrogens with zero attached hydrogens (tertiary/aromatic N) is 4. The number of hydrogen-bond donors (Lipinski definition) is 1. The summed E-state index contributed by atoms with van der Waals surface area (Å²) >= 11 is 0. The van der Waals surface area contributed by atoms with Crippen molar-refractivity contribution in [2.45, 2.75) is 32.6 Å². The monoisotopic (exact) mass is 449 g/mol. The molecule has 2 heterocycles. The number of anilines is 1. The van der Waals surface area contributed by atoms with Gasteiger partial charge in [-0.3, -0.25) is 4.72 Å². The van der Waals surface area contributed by atoms with Gasteiger partial charge in [0.1, 0.15) is 12.1 Å². The minimum absolute atomic E-state index is 0.205. The first kappa shape index (κ1) is 21.5. The summed E-state index contributed by atoms with van der Waals surface area (Å²) in [6.07, 6.45) is 1.42. The SMILES string of the molecule is Cc1ccc(S(=O)(=O)Nc2ccc(Oc3cc(-n4nc(C)c(C)c4C)ncn3)cc2)cc1. The van der Waals surface area contributed by atoms with Gasteiger partial charge in [0.2, 0.25) is 5.88 Å². The topological polar surface area (TPSA) is 99.0 Å². The molecule has 0 aliphatic rings. The Balaban J connectivity index is 1.49. The maximum atomic E-state index is 12.5. The fourth-order valence-corrected chi connectivity index (χ4v) is 4.15. The molecule has 0 fully saturated rings. The molecule has 2 aromatic carbocycles. The van der Waals surface area contributed by atoms with Crippen LogP contribution in [-0.2, 0) is 10.0 Å². The van der Waals surface area contributed by atoms with Crippen LogP contribution in [0.1, 0.15) is 22.5 Å². The van der Waals surface area contributed by atoms with Gasteiger partial charge in [-0.25, -0.2) is 23.1 Å². The number of hydrogen-bond acceptors (Lipinski definition) is 6. The van der Waals surface area contributed by atoms with E-state index < -0.39 is 10.0 Å². The zero-order chi connectivity index (χ0) is 22.9.